The lowest BCUT2D eigenvalue weighted by molar-refractivity contribution is -0.142. The third-order valence-corrected chi connectivity index (χ3v) is 2.45. The minimum absolute atomic E-state index is 0.0441. The summed E-state index contributed by atoms with van der Waals surface area (Å²) in [6, 6.07) is 2.84. The lowest BCUT2D eigenvalue weighted by atomic mass is 10.1. The van der Waals surface area contributed by atoms with Gasteiger partial charge in [-0.05, 0) is 40.5 Å². The Balaban J connectivity index is 2.83. The largest absolute Gasteiger partial charge is 0.466 e. The summed E-state index contributed by atoms with van der Waals surface area (Å²) in [5.74, 6) is -0.919. The molecule has 0 heterocycles. The van der Waals surface area contributed by atoms with Gasteiger partial charge in [-0.3, -0.25) is 4.79 Å². The molecule has 82 valence electrons. The molecular weight excluding hydrogens is 265 g/mol. The molecule has 0 unspecified atom stereocenters. The average Bonchev–Trinajstić information content (AvgIpc) is 2.14. The van der Waals surface area contributed by atoms with Gasteiger partial charge in [0, 0.05) is 4.47 Å². The van der Waals surface area contributed by atoms with Gasteiger partial charge in [0.2, 0.25) is 0 Å². The normalized spacial score (nSPS) is 10.1. The quantitative estimate of drug-likeness (QED) is 0.680. The number of benzene rings is 1. The van der Waals surface area contributed by atoms with Gasteiger partial charge < -0.3 is 10.5 Å². The maximum Gasteiger partial charge on any atom is 0.310 e. The Bertz CT molecular complexity index is 359. The summed E-state index contributed by atoms with van der Waals surface area (Å²) >= 11 is 3.11. The number of rotatable bonds is 3. The van der Waals surface area contributed by atoms with Gasteiger partial charge in [0.25, 0.3) is 0 Å². The van der Waals surface area contributed by atoms with Crippen LogP contribution in [0.4, 0.5) is 10.1 Å². The molecule has 2 N–H and O–H groups in total. The standard InChI is InChI=1S/C10H11BrFNO2/c1-2-15-9(14)5-6-3-7(11)10(13)8(12)4-6/h3-4H,2,5,13H2,1H3. The SMILES string of the molecule is CCOC(=O)Cc1cc(F)c(N)c(Br)c1. The van der Waals surface area contributed by atoms with Gasteiger partial charge in [0.1, 0.15) is 5.82 Å². The highest BCUT2D eigenvalue weighted by atomic mass is 79.9. The molecule has 0 aromatic heterocycles. The van der Waals surface area contributed by atoms with Gasteiger partial charge in [0.05, 0.1) is 18.7 Å². The first-order chi connectivity index (χ1) is 7.04. The van der Waals surface area contributed by atoms with E-state index in [-0.39, 0.29) is 18.1 Å². The summed E-state index contributed by atoms with van der Waals surface area (Å²) in [7, 11) is 0. The van der Waals surface area contributed by atoms with E-state index < -0.39 is 5.82 Å². The van der Waals surface area contributed by atoms with Gasteiger partial charge in [0.15, 0.2) is 0 Å². The summed E-state index contributed by atoms with van der Waals surface area (Å²) in [5, 5.41) is 0. The van der Waals surface area contributed by atoms with Crippen molar-refractivity contribution in [3.8, 4) is 0 Å². The highest BCUT2D eigenvalue weighted by Crippen LogP contribution is 2.24. The first-order valence-corrected chi connectivity index (χ1v) is 5.23. The Kier molecular flexibility index (Phi) is 4.08. The molecule has 0 amide bonds. The fourth-order valence-electron chi connectivity index (χ4n) is 1.12. The fraction of sp³-hybridized carbons (Fsp3) is 0.300. The van der Waals surface area contributed by atoms with Crippen LogP contribution in [0.3, 0.4) is 0 Å². The molecule has 0 bridgehead atoms. The van der Waals surface area contributed by atoms with Crippen LogP contribution in [0.2, 0.25) is 0 Å². The van der Waals surface area contributed by atoms with Crippen LogP contribution >= 0.6 is 15.9 Å². The highest BCUT2D eigenvalue weighted by Gasteiger charge is 2.09. The van der Waals surface area contributed by atoms with E-state index >= 15 is 0 Å². The predicted molar refractivity (Wildman–Crippen MR) is 58.8 cm³/mol. The van der Waals surface area contributed by atoms with Crippen LogP contribution < -0.4 is 5.73 Å². The Labute approximate surface area is 95.5 Å². The molecule has 0 fully saturated rings. The molecule has 5 heteroatoms. The van der Waals surface area contributed by atoms with Crippen molar-refractivity contribution in [1.82, 2.24) is 0 Å². The number of carbonyl (C=O) groups excluding carboxylic acids is 1. The second-order valence-corrected chi connectivity index (χ2v) is 3.81. The Hall–Kier alpha value is -1.10. The van der Waals surface area contributed by atoms with Crippen LogP contribution in [0.25, 0.3) is 0 Å². The van der Waals surface area contributed by atoms with Crippen LogP contribution in [0.1, 0.15) is 12.5 Å². The molecule has 0 spiro atoms. The van der Waals surface area contributed by atoms with Crippen molar-refractivity contribution in [3.05, 3.63) is 28.0 Å². The van der Waals surface area contributed by atoms with Crippen molar-refractivity contribution < 1.29 is 13.9 Å². The molecule has 1 aromatic carbocycles. The number of esters is 1. The molecular formula is C10H11BrFNO2. The summed E-state index contributed by atoms with van der Waals surface area (Å²) in [6.07, 6.45) is 0.0453. The molecule has 15 heavy (non-hydrogen) atoms. The van der Waals surface area contributed by atoms with Crippen molar-refractivity contribution in [1.29, 1.82) is 0 Å². The average molecular weight is 276 g/mol. The van der Waals surface area contributed by atoms with Gasteiger partial charge in [-0.1, -0.05) is 0 Å². The smallest absolute Gasteiger partial charge is 0.310 e. The van der Waals surface area contributed by atoms with E-state index in [0.29, 0.717) is 16.6 Å². The maximum atomic E-state index is 13.2. The highest BCUT2D eigenvalue weighted by molar-refractivity contribution is 9.10. The maximum absolute atomic E-state index is 13.2. The van der Waals surface area contributed by atoms with E-state index in [0.717, 1.165) is 0 Å². The Morgan fingerprint density at radius 2 is 2.27 bits per heavy atom. The second-order valence-electron chi connectivity index (χ2n) is 2.95. The van der Waals surface area contributed by atoms with Crippen molar-refractivity contribution in [2.45, 2.75) is 13.3 Å². The number of nitrogen functional groups attached to an aromatic ring is 1. The molecule has 3 nitrogen and oxygen atoms in total. The molecule has 0 atom stereocenters. The van der Waals surface area contributed by atoms with E-state index in [1.54, 1.807) is 13.0 Å². The molecule has 0 aliphatic heterocycles. The molecule has 0 radical (unpaired) electrons. The van der Waals surface area contributed by atoms with E-state index in [4.69, 9.17) is 10.5 Å². The van der Waals surface area contributed by atoms with Crippen molar-refractivity contribution in [3.63, 3.8) is 0 Å². The third-order valence-electron chi connectivity index (χ3n) is 1.79. The Morgan fingerprint density at radius 1 is 1.60 bits per heavy atom. The molecule has 1 aromatic rings. The third kappa shape index (κ3) is 3.20. The number of anilines is 1. The van der Waals surface area contributed by atoms with Gasteiger partial charge in [-0.25, -0.2) is 4.39 Å². The van der Waals surface area contributed by atoms with Crippen LogP contribution in [0.5, 0.6) is 0 Å². The van der Waals surface area contributed by atoms with Crippen LogP contribution in [0.15, 0.2) is 16.6 Å². The first-order valence-electron chi connectivity index (χ1n) is 4.43. The molecule has 0 saturated heterocycles. The van der Waals surface area contributed by atoms with Crippen LogP contribution in [-0.2, 0) is 16.0 Å². The van der Waals surface area contributed by atoms with E-state index in [2.05, 4.69) is 15.9 Å². The van der Waals surface area contributed by atoms with E-state index in [1.165, 1.54) is 6.07 Å². The number of ether oxygens (including phenoxy) is 1. The predicted octanol–water partition coefficient (Wildman–Crippen LogP) is 2.28. The lowest BCUT2D eigenvalue weighted by Crippen LogP contribution is -2.08. The molecule has 0 aliphatic carbocycles. The summed E-state index contributed by atoms with van der Waals surface area (Å²) < 4.78 is 18.4. The zero-order valence-corrected chi connectivity index (χ0v) is 9.80. The zero-order valence-electron chi connectivity index (χ0n) is 8.22. The zero-order chi connectivity index (χ0) is 11.4. The van der Waals surface area contributed by atoms with Gasteiger partial charge in [-0.15, -0.1) is 0 Å². The van der Waals surface area contributed by atoms with Gasteiger partial charge >= 0.3 is 5.97 Å². The lowest BCUT2D eigenvalue weighted by Gasteiger charge is -2.05. The number of hydrogen-bond donors (Lipinski definition) is 1. The number of halogens is 2. The van der Waals surface area contributed by atoms with E-state index in [9.17, 15) is 9.18 Å². The van der Waals surface area contributed by atoms with E-state index in [1.807, 2.05) is 0 Å². The molecule has 0 saturated carbocycles. The van der Waals surface area contributed by atoms with Crippen molar-refractivity contribution in [2.75, 3.05) is 12.3 Å². The Morgan fingerprint density at radius 3 is 2.80 bits per heavy atom. The summed E-state index contributed by atoms with van der Waals surface area (Å²) in [4.78, 5) is 11.1. The van der Waals surface area contributed by atoms with Crippen LogP contribution in [0, 0.1) is 5.82 Å². The molecule has 1 rings (SSSR count). The van der Waals surface area contributed by atoms with Crippen molar-refractivity contribution >= 4 is 27.6 Å². The fourth-order valence-corrected chi connectivity index (χ4v) is 1.60. The monoisotopic (exact) mass is 275 g/mol. The summed E-state index contributed by atoms with van der Waals surface area (Å²) in [6.45, 7) is 2.04. The van der Waals surface area contributed by atoms with Gasteiger partial charge in [-0.2, -0.15) is 0 Å². The number of nitrogens with two attached hydrogens (primary N) is 1. The molecule has 0 aliphatic rings. The topological polar surface area (TPSA) is 52.3 Å². The first kappa shape index (κ1) is 12.0. The number of hydrogen-bond acceptors (Lipinski definition) is 3. The van der Waals surface area contributed by atoms with Crippen molar-refractivity contribution in [2.24, 2.45) is 0 Å². The summed E-state index contributed by atoms with van der Waals surface area (Å²) in [5.41, 5.74) is 5.98. The second kappa shape index (κ2) is 5.11. The minimum Gasteiger partial charge on any atom is -0.466 e. The minimum atomic E-state index is -0.538. The number of carbonyl (C=O) groups is 1. The van der Waals surface area contributed by atoms with Crippen LogP contribution in [-0.4, -0.2) is 12.6 Å².